The van der Waals surface area contributed by atoms with Gasteiger partial charge in [0.2, 0.25) is 5.13 Å². The van der Waals surface area contributed by atoms with E-state index in [9.17, 15) is 0 Å². The second kappa shape index (κ2) is 5.27. The number of aromatic nitrogens is 2. The van der Waals surface area contributed by atoms with Crippen LogP contribution < -0.4 is 5.32 Å². The molecule has 0 bridgehead atoms. The summed E-state index contributed by atoms with van der Waals surface area (Å²) in [5.41, 5.74) is 1.26. The Labute approximate surface area is 106 Å². The van der Waals surface area contributed by atoms with Gasteiger partial charge in [-0.15, -0.1) is 0 Å². The summed E-state index contributed by atoms with van der Waals surface area (Å²) in [7, 11) is 0. The van der Waals surface area contributed by atoms with Crippen LogP contribution in [0, 0.1) is 0 Å². The Hall–Kier alpha value is -1.42. The van der Waals surface area contributed by atoms with Crippen LogP contribution in [0.4, 0.5) is 5.13 Å². The molecule has 1 aromatic heterocycles. The van der Waals surface area contributed by atoms with Crippen molar-refractivity contribution in [3.05, 3.63) is 41.7 Å². The average molecular weight is 247 g/mol. The number of anilines is 1. The molecule has 0 amide bonds. The first kappa shape index (κ1) is 12.0. The van der Waals surface area contributed by atoms with E-state index in [0.29, 0.717) is 5.92 Å². The Morgan fingerprint density at radius 3 is 2.41 bits per heavy atom. The van der Waals surface area contributed by atoms with Gasteiger partial charge in [-0.05, 0) is 12.5 Å². The molecule has 0 aliphatic rings. The van der Waals surface area contributed by atoms with Crippen molar-refractivity contribution < 1.29 is 0 Å². The highest BCUT2D eigenvalue weighted by molar-refractivity contribution is 7.09. The van der Waals surface area contributed by atoms with Gasteiger partial charge in [0.25, 0.3) is 0 Å². The fourth-order valence-electron chi connectivity index (χ4n) is 1.54. The van der Waals surface area contributed by atoms with Gasteiger partial charge >= 0.3 is 0 Å². The van der Waals surface area contributed by atoms with Crippen molar-refractivity contribution in [1.29, 1.82) is 0 Å². The number of benzene rings is 1. The lowest BCUT2D eigenvalue weighted by Crippen LogP contribution is -2.06. The molecule has 0 fully saturated rings. The summed E-state index contributed by atoms with van der Waals surface area (Å²) in [6.07, 6.45) is 0. The lowest BCUT2D eigenvalue weighted by molar-refractivity contribution is 0.795. The van der Waals surface area contributed by atoms with Gasteiger partial charge in [-0.25, -0.2) is 4.98 Å². The predicted molar refractivity (Wildman–Crippen MR) is 72.5 cm³/mol. The third-order valence-corrected chi connectivity index (χ3v) is 3.26. The molecule has 1 heterocycles. The molecule has 3 nitrogen and oxygen atoms in total. The second-order valence-corrected chi connectivity index (χ2v) is 5.14. The summed E-state index contributed by atoms with van der Waals surface area (Å²) in [5.74, 6) is 1.30. The van der Waals surface area contributed by atoms with E-state index in [1.54, 1.807) is 0 Å². The molecular weight excluding hydrogens is 230 g/mol. The third kappa shape index (κ3) is 3.03. The van der Waals surface area contributed by atoms with E-state index in [1.807, 2.05) is 18.2 Å². The Bertz CT molecular complexity index is 465. The molecule has 17 heavy (non-hydrogen) atoms. The molecule has 4 heteroatoms. The molecule has 1 aromatic carbocycles. The maximum absolute atomic E-state index is 4.47. The van der Waals surface area contributed by atoms with Gasteiger partial charge in [-0.1, -0.05) is 44.2 Å². The normalized spacial score (nSPS) is 12.7. The molecule has 0 saturated carbocycles. The van der Waals surface area contributed by atoms with Crippen molar-refractivity contribution in [2.75, 3.05) is 5.32 Å². The summed E-state index contributed by atoms with van der Waals surface area (Å²) in [6.45, 7) is 6.34. The monoisotopic (exact) mass is 247 g/mol. The molecular formula is C13H17N3S. The first-order valence-electron chi connectivity index (χ1n) is 5.82. The van der Waals surface area contributed by atoms with Crippen LogP contribution in [0.25, 0.3) is 0 Å². The molecule has 2 aromatic rings. The minimum Gasteiger partial charge on any atom is -0.354 e. The van der Waals surface area contributed by atoms with Crippen molar-refractivity contribution in [3.8, 4) is 0 Å². The minimum absolute atomic E-state index is 0.254. The van der Waals surface area contributed by atoms with Crippen LogP contribution in [0.15, 0.2) is 30.3 Å². The van der Waals surface area contributed by atoms with Crippen LogP contribution in [0.3, 0.4) is 0 Å². The highest BCUT2D eigenvalue weighted by Gasteiger charge is 2.10. The van der Waals surface area contributed by atoms with Gasteiger partial charge in [-0.2, -0.15) is 4.37 Å². The molecule has 1 unspecified atom stereocenters. The minimum atomic E-state index is 0.254. The van der Waals surface area contributed by atoms with E-state index in [2.05, 4.69) is 47.6 Å². The van der Waals surface area contributed by atoms with Crippen molar-refractivity contribution >= 4 is 16.7 Å². The zero-order chi connectivity index (χ0) is 12.3. The quantitative estimate of drug-likeness (QED) is 0.892. The SMILES string of the molecule is CC(C)c1nsc(NC(C)c2ccccc2)n1. The van der Waals surface area contributed by atoms with Gasteiger partial charge in [0.05, 0.1) is 6.04 Å². The number of nitrogens with one attached hydrogen (secondary N) is 1. The van der Waals surface area contributed by atoms with Gasteiger partial charge in [-0.3, -0.25) is 0 Å². The zero-order valence-electron chi connectivity index (χ0n) is 10.3. The van der Waals surface area contributed by atoms with Crippen LogP contribution in [0.2, 0.25) is 0 Å². The van der Waals surface area contributed by atoms with E-state index in [4.69, 9.17) is 0 Å². The topological polar surface area (TPSA) is 37.8 Å². The number of hydrogen-bond donors (Lipinski definition) is 1. The van der Waals surface area contributed by atoms with Crippen LogP contribution in [0.1, 0.15) is 44.1 Å². The average Bonchev–Trinajstić information content (AvgIpc) is 2.79. The Morgan fingerprint density at radius 2 is 1.82 bits per heavy atom. The summed E-state index contributed by atoms with van der Waals surface area (Å²) in [4.78, 5) is 4.47. The van der Waals surface area contributed by atoms with Crippen molar-refractivity contribution in [3.63, 3.8) is 0 Å². The summed E-state index contributed by atoms with van der Waals surface area (Å²) in [5, 5.41) is 4.27. The highest BCUT2D eigenvalue weighted by atomic mass is 32.1. The fraction of sp³-hybridized carbons (Fsp3) is 0.385. The van der Waals surface area contributed by atoms with E-state index in [1.165, 1.54) is 17.1 Å². The first-order chi connectivity index (χ1) is 8.16. The fourth-order valence-corrected chi connectivity index (χ4v) is 2.33. The molecule has 0 aliphatic carbocycles. The number of nitrogens with zero attached hydrogens (tertiary/aromatic N) is 2. The first-order valence-corrected chi connectivity index (χ1v) is 6.59. The summed E-state index contributed by atoms with van der Waals surface area (Å²) >= 11 is 1.43. The zero-order valence-corrected chi connectivity index (χ0v) is 11.2. The Morgan fingerprint density at radius 1 is 1.12 bits per heavy atom. The van der Waals surface area contributed by atoms with Crippen LogP contribution in [0.5, 0.6) is 0 Å². The molecule has 0 spiro atoms. The lowest BCUT2D eigenvalue weighted by atomic mass is 10.1. The van der Waals surface area contributed by atoms with Gasteiger partial charge in [0, 0.05) is 17.5 Å². The summed E-state index contributed by atoms with van der Waals surface area (Å²) in [6, 6.07) is 10.6. The van der Waals surface area contributed by atoms with Gasteiger partial charge in [0.15, 0.2) is 0 Å². The van der Waals surface area contributed by atoms with E-state index in [-0.39, 0.29) is 6.04 Å². The maximum Gasteiger partial charge on any atom is 0.203 e. The van der Waals surface area contributed by atoms with Crippen LogP contribution >= 0.6 is 11.5 Å². The maximum atomic E-state index is 4.47. The van der Waals surface area contributed by atoms with Crippen molar-refractivity contribution in [1.82, 2.24) is 9.36 Å². The largest absolute Gasteiger partial charge is 0.354 e. The van der Waals surface area contributed by atoms with Crippen LogP contribution in [-0.4, -0.2) is 9.36 Å². The molecule has 1 atom stereocenters. The second-order valence-electron chi connectivity index (χ2n) is 4.39. The van der Waals surface area contributed by atoms with Crippen LogP contribution in [-0.2, 0) is 0 Å². The van der Waals surface area contributed by atoms with Gasteiger partial charge < -0.3 is 5.32 Å². The molecule has 2 rings (SSSR count). The third-order valence-electron chi connectivity index (χ3n) is 2.60. The van der Waals surface area contributed by atoms with E-state index in [0.717, 1.165) is 11.0 Å². The highest BCUT2D eigenvalue weighted by Crippen LogP contribution is 2.22. The van der Waals surface area contributed by atoms with E-state index >= 15 is 0 Å². The lowest BCUT2D eigenvalue weighted by Gasteiger charge is -2.12. The molecule has 90 valence electrons. The van der Waals surface area contributed by atoms with Crippen molar-refractivity contribution in [2.24, 2.45) is 0 Å². The van der Waals surface area contributed by atoms with Gasteiger partial charge in [0.1, 0.15) is 5.82 Å². The smallest absolute Gasteiger partial charge is 0.203 e. The van der Waals surface area contributed by atoms with Crippen molar-refractivity contribution in [2.45, 2.75) is 32.7 Å². The molecule has 1 N–H and O–H groups in total. The molecule has 0 radical (unpaired) electrons. The number of rotatable bonds is 4. The summed E-state index contributed by atoms with van der Waals surface area (Å²) < 4.78 is 4.33. The standard InChI is InChI=1S/C13H17N3S/c1-9(2)12-15-13(17-16-12)14-10(3)11-7-5-4-6-8-11/h4-10H,1-3H3,(H,14,15,16). The van der Waals surface area contributed by atoms with E-state index < -0.39 is 0 Å². The predicted octanol–water partition coefficient (Wildman–Crippen LogP) is 3.83. The Kier molecular flexibility index (Phi) is 3.74. The number of hydrogen-bond acceptors (Lipinski definition) is 4. The molecule has 0 saturated heterocycles. The Balaban J connectivity index is 2.05. The molecule has 0 aliphatic heterocycles.